The molecule has 0 spiro atoms. The van der Waals surface area contributed by atoms with Gasteiger partial charge in [0.2, 0.25) is 0 Å². The summed E-state index contributed by atoms with van der Waals surface area (Å²) < 4.78 is 27.4. The lowest BCUT2D eigenvalue weighted by molar-refractivity contribution is 0.577. The molecule has 1 saturated heterocycles. The van der Waals surface area contributed by atoms with E-state index in [1.54, 1.807) is 0 Å². The zero-order valence-electron chi connectivity index (χ0n) is 14.8. The second kappa shape index (κ2) is 8.45. The fourth-order valence-electron chi connectivity index (χ4n) is 3.17. The molecule has 2 N–H and O–H groups in total. The number of nitrogens with one attached hydrogen (secondary N) is 2. The second-order valence-corrected chi connectivity index (χ2v) is 6.96. The van der Waals surface area contributed by atoms with Gasteiger partial charge in [-0.25, -0.2) is 8.78 Å². The predicted molar refractivity (Wildman–Crippen MR) is 107 cm³/mol. The minimum atomic E-state index is -0.673. The first-order chi connectivity index (χ1) is 12.5. The Morgan fingerprint density at radius 2 is 1.62 bits per heavy atom. The van der Waals surface area contributed by atoms with Crippen LogP contribution in [-0.2, 0) is 0 Å². The Morgan fingerprint density at radius 1 is 1.00 bits per heavy atom. The second-order valence-electron chi connectivity index (χ2n) is 6.56. The van der Waals surface area contributed by atoms with Crippen molar-refractivity contribution in [1.82, 2.24) is 5.32 Å². The Hall–Kier alpha value is -2.21. The SMILES string of the molecule is CC(NC(=S)Nc1c(F)cccc1F)c1ccc(N2CCCCC2)cc1. The van der Waals surface area contributed by atoms with Crippen molar-refractivity contribution in [3.8, 4) is 0 Å². The molecule has 0 radical (unpaired) electrons. The van der Waals surface area contributed by atoms with E-state index < -0.39 is 11.6 Å². The van der Waals surface area contributed by atoms with E-state index in [1.807, 2.05) is 6.92 Å². The molecule has 2 aromatic rings. The van der Waals surface area contributed by atoms with Crippen LogP contribution < -0.4 is 15.5 Å². The Morgan fingerprint density at radius 3 is 2.23 bits per heavy atom. The molecular formula is C20H23F2N3S. The summed E-state index contributed by atoms with van der Waals surface area (Å²) in [6.45, 7) is 4.17. The molecule has 3 rings (SSSR count). The first-order valence-corrected chi connectivity index (χ1v) is 9.32. The third-order valence-electron chi connectivity index (χ3n) is 4.66. The van der Waals surface area contributed by atoms with Crippen LogP contribution in [0.1, 0.15) is 37.8 Å². The van der Waals surface area contributed by atoms with Gasteiger partial charge >= 0.3 is 0 Å². The highest BCUT2D eigenvalue weighted by Gasteiger charge is 2.14. The molecule has 3 nitrogen and oxygen atoms in total. The number of halogens is 2. The average molecular weight is 375 g/mol. The van der Waals surface area contributed by atoms with Gasteiger partial charge in [0.15, 0.2) is 5.11 Å². The fourth-order valence-corrected chi connectivity index (χ4v) is 3.45. The van der Waals surface area contributed by atoms with Crippen molar-refractivity contribution < 1.29 is 8.78 Å². The van der Waals surface area contributed by atoms with Gasteiger partial charge in [0.25, 0.3) is 0 Å². The lowest BCUT2D eigenvalue weighted by Gasteiger charge is -2.29. The van der Waals surface area contributed by atoms with Crippen molar-refractivity contribution in [2.75, 3.05) is 23.3 Å². The van der Waals surface area contributed by atoms with Crippen LogP contribution in [-0.4, -0.2) is 18.2 Å². The predicted octanol–water partition coefficient (Wildman–Crippen LogP) is 5.00. The third-order valence-corrected chi connectivity index (χ3v) is 4.88. The lowest BCUT2D eigenvalue weighted by Crippen LogP contribution is -2.32. The quantitative estimate of drug-likeness (QED) is 0.735. The van der Waals surface area contributed by atoms with E-state index in [1.165, 1.54) is 43.1 Å². The Balaban J connectivity index is 1.60. The molecule has 1 heterocycles. The number of rotatable bonds is 4. The van der Waals surface area contributed by atoms with Gasteiger partial charge in [0.1, 0.15) is 17.3 Å². The number of para-hydroxylation sites is 1. The average Bonchev–Trinajstić information content (AvgIpc) is 2.66. The largest absolute Gasteiger partial charge is 0.372 e. The van der Waals surface area contributed by atoms with Crippen LogP contribution >= 0.6 is 12.2 Å². The molecule has 2 aromatic carbocycles. The molecule has 0 aliphatic carbocycles. The van der Waals surface area contributed by atoms with Crippen LogP contribution in [0.4, 0.5) is 20.2 Å². The molecule has 1 fully saturated rings. The maximum atomic E-state index is 13.7. The highest BCUT2D eigenvalue weighted by Crippen LogP contribution is 2.23. The number of benzene rings is 2. The molecule has 1 aliphatic rings. The zero-order chi connectivity index (χ0) is 18.5. The van der Waals surface area contributed by atoms with E-state index in [2.05, 4.69) is 39.8 Å². The van der Waals surface area contributed by atoms with E-state index in [9.17, 15) is 8.78 Å². The Bertz CT molecular complexity index is 738. The van der Waals surface area contributed by atoms with Crippen molar-refractivity contribution in [3.05, 3.63) is 59.7 Å². The van der Waals surface area contributed by atoms with Gasteiger partial charge < -0.3 is 15.5 Å². The summed E-state index contributed by atoms with van der Waals surface area (Å²) in [6, 6.07) is 12.0. The first kappa shape index (κ1) is 18.6. The summed E-state index contributed by atoms with van der Waals surface area (Å²) >= 11 is 5.20. The van der Waals surface area contributed by atoms with Gasteiger partial charge in [-0.15, -0.1) is 0 Å². The van der Waals surface area contributed by atoms with E-state index in [-0.39, 0.29) is 16.8 Å². The smallest absolute Gasteiger partial charge is 0.171 e. The van der Waals surface area contributed by atoms with Gasteiger partial charge in [-0.3, -0.25) is 0 Å². The molecule has 0 aromatic heterocycles. The highest BCUT2D eigenvalue weighted by atomic mass is 32.1. The summed E-state index contributed by atoms with van der Waals surface area (Å²) in [6.07, 6.45) is 3.79. The molecular weight excluding hydrogens is 352 g/mol. The molecule has 1 unspecified atom stereocenters. The zero-order valence-corrected chi connectivity index (χ0v) is 15.6. The monoisotopic (exact) mass is 375 g/mol. The van der Waals surface area contributed by atoms with E-state index in [4.69, 9.17) is 12.2 Å². The number of nitrogens with zero attached hydrogens (tertiary/aromatic N) is 1. The normalized spacial score (nSPS) is 15.4. The molecule has 0 saturated carbocycles. The molecule has 1 atom stereocenters. The minimum absolute atomic E-state index is 0.0831. The van der Waals surface area contributed by atoms with Crippen LogP contribution in [0.5, 0.6) is 0 Å². The number of anilines is 2. The van der Waals surface area contributed by atoms with Crippen LogP contribution in [0.3, 0.4) is 0 Å². The molecule has 138 valence electrons. The maximum Gasteiger partial charge on any atom is 0.171 e. The van der Waals surface area contributed by atoms with E-state index >= 15 is 0 Å². The molecule has 1 aliphatic heterocycles. The van der Waals surface area contributed by atoms with Gasteiger partial charge in [0.05, 0.1) is 6.04 Å². The molecule has 0 amide bonds. The Labute approximate surface area is 158 Å². The van der Waals surface area contributed by atoms with Crippen molar-refractivity contribution in [3.63, 3.8) is 0 Å². The third kappa shape index (κ3) is 4.49. The van der Waals surface area contributed by atoms with E-state index in [0.29, 0.717) is 0 Å². The summed E-state index contributed by atoms with van der Waals surface area (Å²) in [5.74, 6) is -1.35. The first-order valence-electron chi connectivity index (χ1n) is 8.91. The van der Waals surface area contributed by atoms with Gasteiger partial charge in [-0.2, -0.15) is 0 Å². The number of hydrogen-bond donors (Lipinski definition) is 2. The number of hydrogen-bond acceptors (Lipinski definition) is 2. The molecule has 0 bridgehead atoms. The maximum absolute atomic E-state index is 13.7. The summed E-state index contributed by atoms with van der Waals surface area (Å²) in [4.78, 5) is 2.40. The topological polar surface area (TPSA) is 27.3 Å². The highest BCUT2D eigenvalue weighted by molar-refractivity contribution is 7.80. The Kier molecular flexibility index (Phi) is 6.04. The van der Waals surface area contributed by atoms with Crippen molar-refractivity contribution in [1.29, 1.82) is 0 Å². The van der Waals surface area contributed by atoms with Gasteiger partial charge in [-0.05, 0) is 68.2 Å². The number of piperidine rings is 1. The summed E-state index contributed by atoms with van der Waals surface area (Å²) in [5.41, 5.74) is 2.05. The van der Waals surface area contributed by atoms with Gasteiger partial charge in [0, 0.05) is 18.8 Å². The van der Waals surface area contributed by atoms with Crippen molar-refractivity contribution >= 4 is 28.7 Å². The lowest BCUT2D eigenvalue weighted by atomic mass is 10.1. The van der Waals surface area contributed by atoms with Crippen LogP contribution in [0.25, 0.3) is 0 Å². The standard InChI is InChI=1S/C20H23F2N3S/c1-14(23-20(26)24-19-17(21)6-5-7-18(19)22)15-8-10-16(11-9-15)25-12-3-2-4-13-25/h5-11,14H,2-4,12-13H2,1H3,(H2,23,24,26). The van der Waals surface area contributed by atoms with E-state index in [0.717, 1.165) is 18.7 Å². The minimum Gasteiger partial charge on any atom is -0.372 e. The van der Waals surface area contributed by atoms with Crippen LogP contribution in [0.2, 0.25) is 0 Å². The van der Waals surface area contributed by atoms with Crippen molar-refractivity contribution in [2.24, 2.45) is 0 Å². The van der Waals surface area contributed by atoms with Crippen LogP contribution in [0.15, 0.2) is 42.5 Å². The van der Waals surface area contributed by atoms with Crippen LogP contribution in [0, 0.1) is 11.6 Å². The summed E-state index contributed by atoms with van der Waals surface area (Å²) in [5, 5.41) is 5.86. The summed E-state index contributed by atoms with van der Waals surface area (Å²) in [7, 11) is 0. The number of thiocarbonyl (C=S) groups is 1. The van der Waals surface area contributed by atoms with Gasteiger partial charge in [-0.1, -0.05) is 18.2 Å². The fraction of sp³-hybridized carbons (Fsp3) is 0.350. The molecule has 26 heavy (non-hydrogen) atoms. The van der Waals surface area contributed by atoms with Crippen molar-refractivity contribution in [2.45, 2.75) is 32.2 Å². The molecule has 6 heteroatoms.